The van der Waals surface area contributed by atoms with Crippen molar-refractivity contribution in [3.63, 3.8) is 0 Å². The predicted octanol–water partition coefficient (Wildman–Crippen LogP) is 2.28. The Morgan fingerprint density at radius 2 is 1.84 bits per heavy atom. The molecule has 0 bridgehead atoms. The Balaban J connectivity index is 2.09. The molecule has 8 heteroatoms. The third kappa shape index (κ3) is 2.63. The first-order valence-corrected chi connectivity index (χ1v) is 7.13. The minimum absolute atomic E-state index is 0.0259. The highest BCUT2D eigenvalue weighted by atomic mass is 19.1. The number of benzene rings is 2. The number of carboxylic acids is 1. The van der Waals surface area contributed by atoms with Gasteiger partial charge in [0.25, 0.3) is 11.8 Å². The van der Waals surface area contributed by atoms with Gasteiger partial charge in [0.2, 0.25) is 5.91 Å². The Bertz CT molecular complexity index is 954. The number of halogens is 1. The number of nitrogens with one attached hydrogen (secondary N) is 1. The number of anilines is 2. The summed E-state index contributed by atoms with van der Waals surface area (Å²) in [6, 6.07) is 7.22. The van der Waals surface area contributed by atoms with Crippen molar-refractivity contribution >= 4 is 35.1 Å². The van der Waals surface area contributed by atoms with Crippen molar-refractivity contribution < 1.29 is 28.7 Å². The Hall–Kier alpha value is -3.55. The lowest BCUT2D eigenvalue weighted by atomic mass is 10.1. The SMILES string of the molecule is CC(=O)Nc1cccc2c1C(=O)N(c1ccc(C(=O)O)cc1F)C2=O. The molecule has 7 nitrogen and oxygen atoms in total. The highest BCUT2D eigenvalue weighted by molar-refractivity contribution is 6.36. The van der Waals surface area contributed by atoms with Crippen molar-refractivity contribution in [2.24, 2.45) is 0 Å². The lowest BCUT2D eigenvalue weighted by Crippen LogP contribution is -2.30. The summed E-state index contributed by atoms with van der Waals surface area (Å²) in [5.74, 6) is -4.33. The fraction of sp³-hybridized carbons (Fsp3) is 0.0588. The molecule has 0 radical (unpaired) electrons. The summed E-state index contributed by atoms with van der Waals surface area (Å²) in [6.45, 7) is 1.25. The second-order valence-corrected chi connectivity index (χ2v) is 5.33. The van der Waals surface area contributed by atoms with E-state index in [0.717, 1.165) is 18.2 Å². The predicted molar refractivity (Wildman–Crippen MR) is 85.2 cm³/mol. The Kier molecular flexibility index (Phi) is 3.80. The van der Waals surface area contributed by atoms with Gasteiger partial charge in [0.15, 0.2) is 0 Å². The maximum absolute atomic E-state index is 14.3. The molecule has 3 amide bonds. The number of amides is 3. The summed E-state index contributed by atoms with van der Waals surface area (Å²) in [4.78, 5) is 48.0. The van der Waals surface area contributed by atoms with E-state index in [0.29, 0.717) is 4.90 Å². The van der Waals surface area contributed by atoms with Crippen molar-refractivity contribution in [3.8, 4) is 0 Å². The van der Waals surface area contributed by atoms with E-state index in [9.17, 15) is 23.6 Å². The first kappa shape index (κ1) is 16.3. The largest absolute Gasteiger partial charge is 0.478 e. The molecule has 0 saturated carbocycles. The van der Waals surface area contributed by atoms with Crippen molar-refractivity contribution in [2.75, 3.05) is 10.2 Å². The van der Waals surface area contributed by atoms with Crippen molar-refractivity contribution in [1.29, 1.82) is 0 Å². The second-order valence-electron chi connectivity index (χ2n) is 5.33. The minimum atomic E-state index is -1.33. The quantitative estimate of drug-likeness (QED) is 0.833. The summed E-state index contributed by atoms with van der Waals surface area (Å²) in [6.07, 6.45) is 0. The highest BCUT2D eigenvalue weighted by Crippen LogP contribution is 2.34. The number of rotatable bonds is 3. The second kappa shape index (κ2) is 5.82. The number of imide groups is 1. The summed E-state index contributed by atoms with van der Waals surface area (Å²) < 4.78 is 14.3. The van der Waals surface area contributed by atoms with Crippen LogP contribution in [0.5, 0.6) is 0 Å². The molecule has 25 heavy (non-hydrogen) atoms. The van der Waals surface area contributed by atoms with Gasteiger partial charge in [-0.3, -0.25) is 14.4 Å². The van der Waals surface area contributed by atoms with E-state index in [-0.39, 0.29) is 28.1 Å². The van der Waals surface area contributed by atoms with E-state index in [1.54, 1.807) is 0 Å². The number of carboxylic acid groups (broad SMARTS) is 1. The van der Waals surface area contributed by atoms with E-state index in [1.165, 1.54) is 25.1 Å². The van der Waals surface area contributed by atoms with Crippen LogP contribution in [-0.2, 0) is 4.79 Å². The van der Waals surface area contributed by atoms with Crippen LogP contribution in [0.3, 0.4) is 0 Å². The summed E-state index contributed by atoms with van der Waals surface area (Å²) >= 11 is 0. The maximum atomic E-state index is 14.3. The molecule has 2 N–H and O–H groups in total. The van der Waals surface area contributed by atoms with Gasteiger partial charge in [0, 0.05) is 6.92 Å². The van der Waals surface area contributed by atoms with Crippen molar-refractivity contribution in [3.05, 3.63) is 58.9 Å². The molecule has 1 heterocycles. The van der Waals surface area contributed by atoms with Crippen molar-refractivity contribution in [2.45, 2.75) is 6.92 Å². The van der Waals surface area contributed by atoms with Crippen molar-refractivity contribution in [1.82, 2.24) is 0 Å². The number of nitrogens with zero attached hydrogens (tertiary/aromatic N) is 1. The van der Waals surface area contributed by atoms with Crippen LogP contribution in [0.4, 0.5) is 15.8 Å². The number of carbonyl (C=O) groups is 4. The molecule has 2 aromatic rings. The molecule has 2 aromatic carbocycles. The van der Waals surface area contributed by atoms with Crippen LogP contribution >= 0.6 is 0 Å². The monoisotopic (exact) mass is 342 g/mol. The summed E-state index contributed by atoms with van der Waals surface area (Å²) in [5, 5.41) is 11.3. The number of fused-ring (bicyclic) bond motifs is 1. The number of hydrogen-bond acceptors (Lipinski definition) is 4. The normalized spacial score (nSPS) is 13.0. The molecular weight excluding hydrogens is 331 g/mol. The van der Waals surface area contributed by atoms with E-state index >= 15 is 0 Å². The van der Waals surface area contributed by atoms with Crippen LogP contribution < -0.4 is 10.2 Å². The average molecular weight is 342 g/mol. The van der Waals surface area contributed by atoms with Crippen LogP contribution in [0.1, 0.15) is 38.0 Å². The third-order valence-electron chi connectivity index (χ3n) is 3.66. The maximum Gasteiger partial charge on any atom is 0.335 e. The smallest absolute Gasteiger partial charge is 0.335 e. The topological polar surface area (TPSA) is 104 Å². The van der Waals surface area contributed by atoms with Crippen LogP contribution in [0.2, 0.25) is 0 Å². The summed E-state index contributed by atoms with van der Waals surface area (Å²) in [5.41, 5.74) is -0.530. The third-order valence-corrected chi connectivity index (χ3v) is 3.66. The molecule has 3 rings (SSSR count). The average Bonchev–Trinajstić information content (AvgIpc) is 2.79. The number of aromatic carboxylic acids is 1. The van der Waals surface area contributed by atoms with Crippen LogP contribution in [0, 0.1) is 5.82 Å². The first-order valence-electron chi connectivity index (χ1n) is 7.13. The Morgan fingerprint density at radius 3 is 2.44 bits per heavy atom. The number of carbonyl (C=O) groups excluding carboxylic acids is 3. The van der Waals surface area contributed by atoms with Gasteiger partial charge in [0.05, 0.1) is 28.1 Å². The van der Waals surface area contributed by atoms with Gasteiger partial charge in [-0.2, -0.15) is 0 Å². The molecule has 126 valence electrons. The molecule has 0 unspecified atom stereocenters. The van der Waals surface area contributed by atoms with Gasteiger partial charge in [-0.1, -0.05) is 6.07 Å². The molecular formula is C17H11FN2O5. The molecule has 0 aliphatic carbocycles. The van der Waals surface area contributed by atoms with Gasteiger partial charge >= 0.3 is 5.97 Å². The lowest BCUT2D eigenvalue weighted by molar-refractivity contribution is -0.114. The Morgan fingerprint density at radius 1 is 1.12 bits per heavy atom. The zero-order chi connectivity index (χ0) is 18.3. The van der Waals surface area contributed by atoms with Gasteiger partial charge in [-0.05, 0) is 30.3 Å². The van der Waals surface area contributed by atoms with E-state index < -0.39 is 29.5 Å². The number of hydrogen-bond donors (Lipinski definition) is 2. The van der Waals surface area contributed by atoms with E-state index in [4.69, 9.17) is 5.11 Å². The molecule has 0 fully saturated rings. The molecule has 0 saturated heterocycles. The van der Waals surface area contributed by atoms with Gasteiger partial charge in [0.1, 0.15) is 5.82 Å². The molecule has 1 aliphatic heterocycles. The molecule has 0 spiro atoms. The van der Waals surface area contributed by atoms with E-state index in [2.05, 4.69) is 5.32 Å². The first-order chi connectivity index (χ1) is 11.8. The van der Waals surface area contributed by atoms with Gasteiger partial charge in [-0.25, -0.2) is 14.1 Å². The molecule has 0 atom stereocenters. The van der Waals surface area contributed by atoms with Gasteiger partial charge in [-0.15, -0.1) is 0 Å². The standard InChI is InChI=1S/C17H11FN2O5/c1-8(21)19-12-4-2-3-10-14(12)16(23)20(15(10)22)13-6-5-9(17(24)25)7-11(13)18/h2-7H,1H3,(H,19,21)(H,24,25). The van der Waals surface area contributed by atoms with Crippen LogP contribution in [0.15, 0.2) is 36.4 Å². The van der Waals surface area contributed by atoms with Crippen LogP contribution in [-0.4, -0.2) is 28.8 Å². The minimum Gasteiger partial charge on any atom is -0.478 e. The van der Waals surface area contributed by atoms with Gasteiger partial charge < -0.3 is 10.4 Å². The fourth-order valence-electron chi connectivity index (χ4n) is 2.62. The highest BCUT2D eigenvalue weighted by Gasteiger charge is 2.40. The van der Waals surface area contributed by atoms with Crippen LogP contribution in [0.25, 0.3) is 0 Å². The van der Waals surface area contributed by atoms with E-state index in [1.807, 2.05) is 0 Å². The lowest BCUT2D eigenvalue weighted by Gasteiger charge is -2.15. The molecule has 0 aromatic heterocycles. The Labute approximate surface area is 140 Å². The fourth-order valence-corrected chi connectivity index (χ4v) is 2.62. The molecule has 1 aliphatic rings. The zero-order valence-electron chi connectivity index (χ0n) is 12.9. The summed E-state index contributed by atoms with van der Waals surface area (Å²) in [7, 11) is 0. The zero-order valence-corrected chi connectivity index (χ0v) is 12.9.